The molecule has 0 unspecified atom stereocenters. The average molecular weight is 195 g/mol. The molecule has 76 valence electrons. The van der Waals surface area contributed by atoms with Gasteiger partial charge in [0, 0.05) is 12.1 Å². The van der Waals surface area contributed by atoms with Crippen LogP contribution in [0.15, 0.2) is 18.2 Å². The number of ether oxygens (including phenoxy) is 2. The van der Waals surface area contributed by atoms with Crippen molar-refractivity contribution in [2.75, 3.05) is 13.9 Å². The highest BCUT2D eigenvalue weighted by Gasteiger charge is 2.13. The number of nitrogens with one attached hydrogen (secondary N) is 1. The molecule has 0 atom stereocenters. The summed E-state index contributed by atoms with van der Waals surface area (Å²) in [4.78, 5) is 4.81. The van der Waals surface area contributed by atoms with Crippen molar-refractivity contribution in [2.24, 2.45) is 0 Å². The van der Waals surface area contributed by atoms with Crippen LogP contribution in [0.3, 0.4) is 0 Å². The molecule has 1 N–H and O–H groups in total. The zero-order chi connectivity index (χ0) is 9.80. The Bertz CT molecular complexity index is 314. The van der Waals surface area contributed by atoms with E-state index in [0.717, 1.165) is 16.9 Å². The maximum Gasteiger partial charge on any atom is 0.189 e. The highest BCUT2D eigenvalue weighted by Crippen LogP contribution is 2.26. The van der Waals surface area contributed by atoms with Crippen LogP contribution in [-0.2, 0) is 22.7 Å². The Labute approximate surface area is 82.7 Å². The van der Waals surface area contributed by atoms with E-state index in [1.807, 2.05) is 18.2 Å². The van der Waals surface area contributed by atoms with E-state index in [-0.39, 0.29) is 0 Å². The maximum atomic E-state index is 5.35. The molecule has 0 radical (unpaired) electrons. The van der Waals surface area contributed by atoms with Crippen molar-refractivity contribution >= 4 is 0 Å². The smallest absolute Gasteiger partial charge is 0.189 e. The highest BCUT2D eigenvalue weighted by atomic mass is 16.7. The summed E-state index contributed by atoms with van der Waals surface area (Å²) in [6, 6.07) is 5.95. The summed E-state index contributed by atoms with van der Waals surface area (Å²) < 4.78 is 10.6. The van der Waals surface area contributed by atoms with Crippen LogP contribution in [0.4, 0.5) is 0 Å². The van der Waals surface area contributed by atoms with Crippen LogP contribution in [0.25, 0.3) is 0 Å². The van der Waals surface area contributed by atoms with Crippen molar-refractivity contribution in [3.63, 3.8) is 0 Å². The number of hydrogen-bond acceptors (Lipinski definition) is 4. The number of fused-ring (bicyclic) bond motifs is 1. The Kier molecular flexibility index (Phi) is 2.98. The van der Waals surface area contributed by atoms with Gasteiger partial charge in [0.15, 0.2) is 6.79 Å². The third kappa shape index (κ3) is 1.87. The maximum absolute atomic E-state index is 5.35. The molecular formula is C10H13NO3. The van der Waals surface area contributed by atoms with E-state index >= 15 is 0 Å². The number of rotatable bonds is 3. The standard InChI is InChI=1S/C10H13NO3/c1-12-11-5-8-3-2-4-10-9(8)6-13-7-14-10/h2-4,11H,5-7H2,1H3. The second-order valence-corrected chi connectivity index (χ2v) is 3.03. The van der Waals surface area contributed by atoms with Gasteiger partial charge in [-0.25, -0.2) is 0 Å². The quantitative estimate of drug-likeness (QED) is 0.736. The largest absolute Gasteiger partial charge is 0.467 e. The van der Waals surface area contributed by atoms with E-state index in [4.69, 9.17) is 14.3 Å². The first kappa shape index (κ1) is 9.45. The number of hydrogen-bond donors (Lipinski definition) is 1. The number of hydroxylamine groups is 1. The molecule has 0 bridgehead atoms. The predicted molar refractivity (Wildman–Crippen MR) is 50.6 cm³/mol. The summed E-state index contributed by atoms with van der Waals surface area (Å²) in [5.41, 5.74) is 5.05. The molecule has 0 amide bonds. The van der Waals surface area contributed by atoms with Crippen molar-refractivity contribution in [1.82, 2.24) is 5.48 Å². The third-order valence-corrected chi connectivity index (χ3v) is 2.18. The van der Waals surface area contributed by atoms with Gasteiger partial charge in [0.2, 0.25) is 0 Å². The Morgan fingerprint density at radius 3 is 3.29 bits per heavy atom. The minimum absolute atomic E-state index is 0.341. The van der Waals surface area contributed by atoms with Crippen LogP contribution in [0, 0.1) is 0 Å². The number of benzene rings is 1. The molecule has 1 aliphatic rings. The summed E-state index contributed by atoms with van der Waals surface area (Å²) in [5, 5.41) is 0. The first-order valence-electron chi connectivity index (χ1n) is 4.49. The van der Waals surface area contributed by atoms with Gasteiger partial charge < -0.3 is 14.3 Å². The zero-order valence-corrected chi connectivity index (χ0v) is 8.08. The summed E-state index contributed by atoms with van der Waals surface area (Å²) in [6.07, 6.45) is 0. The Balaban J connectivity index is 2.21. The molecule has 4 heteroatoms. The lowest BCUT2D eigenvalue weighted by Crippen LogP contribution is -2.17. The van der Waals surface area contributed by atoms with Crippen LogP contribution in [0.1, 0.15) is 11.1 Å². The first-order valence-corrected chi connectivity index (χ1v) is 4.49. The Morgan fingerprint density at radius 2 is 2.43 bits per heavy atom. The molecule has 0 saturated carbocycles. The van der Waals surface area contributed by atoms with Crippen molar-refractivity contribution in [1.29, 1.82) is 0 Å². The van der Waals surface area contributed by atoms with Crippen molar-refractivity contribution in [3.8, 4) is 5.75 Å². The molecule has 0 aromatic heterocycles. The highest BCUT2D eigenvalue weighted by molar-refractivity contribution is 5.40. The molecule has 0 spiro atoms. The topological polar surface area (TPSA) is 39.7 Å². The molecular weight excluding hydrogens is 182 g/mol. The SMILES string of the molecule is CONCc1cccc2c1COCO2. The molecule has 4 nitrogen and oxygen atoms in total. The lowest BCUT2D eigenvalue weighted by Gasteiger charge is -2.20. The van der Waals surface area contributed by atoms with Crippen LogP contribution >= 0.6 is 0 Å². The molecule has 2 rings (SSSR count). The van der Waals surface area contributed by atoms with Crippen molar-refractivity contribution in [2.45, 2.75) is 13.2 Å². The summed E-state index contributed by atoms with van der Waals surface area (Å²) in [6.45, 7) is 1.61. The monoisotopic (exact) mass is 195 g/mol. The third-order valence-electron chi connectivity index (χ3n) is 2.18. The predicted octanol–water partition coefficient (Wildman–Crippen LogP) is 1.20. The summed E-state index contributed by atoms with van der Waals surface area (Å²) in [5.74, 6) is 0.909. The van der Waals surface area contributed by atoms with E-state index in [0.29, 0.717) is 19.9 Å². The van der Waals surface area contributed by atoms with Crippen LogP contribution in [-0.4, -0.2) is 13.9 Å². The summed E-state index contributed by atoms with van der Waals surface area (Å²) in [7, 11) is 1.60. The normalized spacial score (nSPS) is 14.6. The van der Waals surface area contributed by atoms with E-state index in [9.17, 15) is 0 Å². The molecule has 0 aliphatic carbocycles. The fraction of sp³-hybridized carbons (Fsp3) is 0.400. The lowest BCUT2D eigenvalue weighted by molar-refractivity contribution is -0.0173. The van der Waals surface area contributed by atoms with Crippen molar-refractivity contribution in [3.05, 3.63) is 29.3 Å². The van der Waals surface area contributed by atoms with Gasteiger partial charge in [0.05, 0.1) is 13.7 Å². The van der Waals surface area contributed by atoms with E-state index < -0.39 is 0 Å². The minimum atomic E-state index is 0.341. The first-order chi connectivity index (χ1) is 6.92. The van der Waals surface area contributed by atoms with Gasteiger partial charge in [-0.05, 0) is 11.6 Å². The molecule has 0 fully saturated rings. The van der Waals surface area contributed by atoms with Gasteiger partial charge in [-0.3, -0.25) is 0 Å². The average Bonchev–Trinajstić information content (AvgIpc) is 2.26. The minimum Gasteiger partial charge on any atom is -0.467 e. The Hall–Kier alpha value is -1.10. The molecule has 0 saturated heterocycles. The van der Waals surface area contributed by atoms with E-state index in [1.54, 1.807) is 7.11 Å². The fourth-order valence-electron chi connectivity index (χ4n) is 1.47. The molecule has 1 aromatic rings. The fourth-order valence-corrected chi connectivity index (χ4v) is 1.47. The summed E-state index contributed by atoms with van der Waals surface area (Å²) >= 11 is 0. The second kappa shape index (κ2) is 4.41. The van der Waals surface area contributed by atoms with Crippen molar-refractivity contribution < 1.29 is 14.3 Å². The zero-order valence-electron chi connectivity index (χ0n) is 8.08. The van der Waals surface area contributed by atoms with Gasteiger partial charge in [-0.15, -0.1) is 0 Å². The Morgan fingerprint density at radius 1 is 1.50 bits per heavy atom. The van der Waals surface area contributed by atoms with Gasteiger partial charge in [-0.2, -0.15) is 5.48 Å². The van der Waals surface area contributed by atoms with E-state index in [1.165, 1.54) is 0 Å². The molecule has 1 aromatic carbocycles. The van der Waals surface area contributed by atoms with Gasteiger partial charge in [-0.1, -0.05) is 12.1 Å². The second-order valence-electron chi connectivity index (χ2n) is 3.03. The molecule has 1 aliphatic heterocycles. The molecule has 1 heterocycles. The lowest BCUT2D eigenvalue weighted by atomic mass is 10.1. The van der Waals surface area contributed by atoms with Crippen LogP contribution < -0.4 is 10.2 Å². The van der Waals surface area contributed by atoms with Gasteiger partial charge in [0.1, 0.15) is 5.75 Å². The van der Waals surface area contributed by atoms with Gasteiger partial charge >= 0.3 is 0 Å². The molecule has 14 heavy (non-hydrogen) atoms. The van der Waals surface area contributed by atoms with E-state index in [2.05, 4.69) is 5.48 Å². The van der Waals surface area contributed by atoms with Crippen LogP contribution in [0.2, 0.25) is 0 Å². The van der Waals surface area contributed by atoms with Crippen LogP contribution in [0.5, 0.6) is 5.75 Å². The van der Waals surface area contributed by atoms with Gasteiger partial charge in [0.25, 0.3) is 0 Å².